The lowest BCUT2D eigenvalue weighted by Gasteiger charge is -2.23. The minimum absolute atomic E-state index is 0.581. The maximum absolute atomic E-state index is 5.36. The summed E-state index contributed by atoms with van der Waals surface area (Å²) in [5, 5.41) is 4.60. The van der Waals surface area contributed by atoms with Crippen molar-refractivity contribution in [3.8, 4) is 0 Å². The zero-order chi connectivity index (χ0) is 12.1. The Hall–Kier alpha value is -0.410. The number of furan rings is 1. The van der Waals surface area contributed by atoms with Crippen LogP contribution in [0.3, 0.4) is 0 Å². The molecule has 3 heteroatoms. The van der Waals surface area contributed by atoms with Gasteiger partial charge >= 0.3 is 0 Å². The summed E-state index contributed by atoms with van der Waals surface area (Å²) in [6, 6.07) is 5.33. The van der Waals surface area contributed by atoms with Gasteiger partial charge in [-0.2, -0.15) is 11.8 Å². The quantitative estimate of drug-likeness (QED) is 0.840. The van der Waals surface area contributed by atoms with E-state index in [2.05, 4.69) is 24.6 Å². The normalized spacial score (nSPS) is 26.2. The third kappa shape index (κ3) is 3.78. The van der Waals surface area contributed by atoms with Crippen molar-refractivity contribution < 1.29 is 4.42 Å². The van der Waals surface area contributed by atoms with Crippen molar-refractivity contribution in [3.63, 3.8) is 0 Å². The van der Waals surface area contributed by atoms with E-state index >= 15 is 0 Å². The first-order valence-corrected chi connectivity index (χ1v) is 7.89. The second kappa shape index (κ2) is 6.50. The zero-order valence-corrected chi connectivity index (χ0v) is 11.6. The summed E-state index contributed by atoms with van der Waals surface area (Å²) < 4.78 is 5.36. The highest BCUT2D eigenvalue weighted by Gasteiger charge is 2.27. The molecule has 3 unspecified atom stereocenters. The van der Waals surface area contributed by atoms with E-state index in [1.54, 1.807) is 6.26 Å². The molecule has 1 aromatic heterocycles. The summed E-state index contributed by atoms with van der Waals surface area (Å²) in [5.41, 5.74) is 0. The van der Waals surface area contributed by atoms with Crippen molar-refractivity contribution in [2.45, 2.75) is 56.4 Å². The molecule has 2 nitrogen and oxygen atoms in total. The highest BCUT2D eigenvalue weighted by atomic mass is 32.2. The van der Waals surface area contributed by atoms with Crippen LogP contribution in [0.15, 0.2) is 22.8 Å². The zero-order valence-electron chi connectivity index (χ0n) is 10.8. The fraction of sp³-hybridized carbons (Fsp3) is 0.714. The SMILES string of the molecule is CSC1CCCC1NC(C)CCc1ccco1. The number of thioether (sulfide) groups is 1. The average molecular weight is 253 g/mol. The van der Waals surface area contributed by atoms with Crippen LogP contribution >= 0.6 is 11.8 Å². The minimum Gasteiger partial charge on any atom is -0.469 e. The molecule has 0 saturated heterocycles. The van der Waals surface area contributed by atoms with E-state index in [4.69, 9.17) is 4.42 Å². The van der Waals surface area contributed by atoms with Gasteiger partial charge in [-0.3, -0.25) is 0 Å². The molecule has 0 aromatic carbocycles. The first-order valence-electron chi connectivity index (χ1n) is 6.61. The van der Waals surface area contributed by atoms with E-state index in [-0.39, 0.29) is 0 Å². The van der Waals surface area contributed by atoms with E-state index in [0.717, 1.165) is 29.9 Å². The van der Waals surface area contributed by atoms with Crippen molar-refractivity contribution in [2.24, 2.45) is 0 Å². The van der Waals surface area contributed by atoms with Crippen LogP contribution in [0.4, 0.5) is 0 Å². The van der Waals surface area contributed by atoms with Gasteiger partial charge in [-0.15, -0.1) is 0 Å². The summed E-state index contributed by atoms with van der Waals surface area (Å²) in [5.74, 6) is 1.10. The predicted octanol–water partition coefficient (Wildman–Crippen LogP) is 3.47. The summed E-state index contributed by atoms with van der Waals surface area (Å²) >= 11 is 2.02. The van der Waals surface area contributed by atoms with Crippen LogP contribution in [0.1, 0.15) is 38.4 Å². The number of nitrogens with one attached hydrogen (secondary N) is 1. The summed E-state index contributed by atoms with van der Waals surface area (Å²) in [4.78, 5) is 0. The van der Waals surface area contributed by atoms with Gasteiger partial charge in [-0.1, -0.05) is 6.42 Å². The van der Waals surface area contributed by atoms with Gasteiger partial charge in [-0.25, -0.2) is 0 Å². The van der Waals surface area contributed by atoms with Gasteiger partial charge in [0, 0.05) is 23.8 Å². The molecule has 1 saturated carbocycles. The Morgan fingerprint density at radius 1 is 1.53 bits per heavy atom. The maximum atomic E-state index is 5.36. The number of aryl methyl sites for hydroxylation is 1. The number of rotatable bonds is 6. The monoisotopic (exact) mass is 253 g/mol. The molecule has 0 radical (unpaired) electrons. The lowest BCUT2D eigenvalue weighted by atomic mass is 10.1. The lowest BCUT2D eigenvalue weighted by Crippen LogP contribution is -2.40. The Kier molecular flexibility index (Phi) is 4.99. The Morgan fingerprint density at radius 3 is 3.12 bits per heavy atom. The van der Waals surface area contributed by atoms with Crippen LogP contribution in [0.5, 0.6) is 0 Å². The van der Waals surface area contributed by atoms with Gasteiger partial charge in [0.05, 0.1) is 6.26 Å². The Balaban J connectivity index is 1.71. The first kappa shape index (κ1) is 13.0. The van der Waals surface area contributed by atoms with Crippen molar-refractivity contribution in [2.75, 3.05) is 6.26 Å². The molecule has 1 aromatic rings. The topological polar surface area (TPSA) is 25.2 Å². The highest BCUT2D eigenvalue weighted by molar-refractivity contribution is 7.99. The van der Waals surface area contributed by atoms with Gasteiger partial charge < -0.3 is 9.73 Å². The second-order valence-electron chi connectivity index (χ2n) is 5.00. The third-order valence-corrected chi connectivity index (χ3v) is 4.83. The average Bonchev–Trinajstić information content (AvgIpc) is 2.97. The molecule has 1 heterocycles. The van der Waals surface area contributed by atoms with Crippen molar-refractivity contribution in [1.82, 2.24) is 5.32 Å². The second-order valence-corrected chi connectivity index (χ2v) is 6.07. The molecule has 3 atom stereocenters. The molecule has 17 heavy (non-hydrogen) atoms. The molecule has 0 aliphatic heterocycles. The van der Waals surface area contributed by atoms with Crippen LogP contribution in [-0.4, -0.2) is 23.6 Å². The van der Waals surface area contributed by atoms with Gasteiger partial charge in [0.2, 0.25) is 0 Å². The Labute approximate surface area is 109 Å². The molecule has 0 spiro atoms. The fourth-order valence-corrected chi connectivity index (χ4v) is 3.61. The highest BCUT2D eigenvalue weighted by Crippen LogP contribution is 2.28. The molecule has 1 aliphatic rings. The van der Waals surface area contributed by atoms with Gasteiger partial charge in [0.1, 0.15) is 5.76 Å². The van der Waals surface area contributed by atoms with E-state index in [1.165, 1.54) is 19.3 Å². The van der Waals surface area contributed by atoms with Crippen molar-refractivity contribution in [1.29, 1.82) is 0 Å². The summed E-state index contributed by atoms with van der Waals surface area (Å²) in [6.45, 7) is 2.29. The molecule has 96 valence electrons. The summed E-state index contributed by atoms with van der Waals surface area (Å²) in [7, 11) is 0. The van der Waals surface area contributed by atoms with E-state index < -0.39 is 0 Å². The molecule has 2 rings (SSSR count). The van der Waals surface area contributed by atoms with Gasteiger partial charge in [-0.05, 0) is 44.6 Å². The Bertz CT molecular complexity index is 312. The van der Waals surface area contributed by atoms with E-state index in [1.807, 2.05) is 17.8 Å². The lowest BCUT2D eigenvalue weighted by molar-refractivity contribution is 0.418. The first-order chi connectivity index (χ1) is 8.29. The molecule has 1 fully saturated rings. The van der Waals surface area contributed by atoms with Crippen LogP contribution < -0.4 is 5.32 Å². The Morgan fingerprint density at radius 2 is 2.41 bits per heavy atom. The molecule has 0 bridgehead atoms. The van der Waals surface area contributed by atoms with E-state index in [9.17, 15) is 0 Å². The molecular formula is C14H23NOS. The fourth-order valence-electron chi connectivity index (χ4n) is 2.66. The van der Waals surface area contributed by atoms with Gasteiger partial charge in [0.25, 0.3) is 0 Å². The van der Waals surface area contributed by atoms with Gasteiger partial charge in [0.15, 0.2) is 0 Å². The number of hydrogen-bond acceptors (Lipinski definition) is 3. The maximum Gasteiger partial charge on any atom is 0.103 e. The standard InChI is InChI=1S/C14H23NOS/c1-11(8-9-12-5-4-10-16-12)15-13-6-3-7-14(13)17-2/h4-5,10-11,13-15H,3,6-9H2,1-2H3. The molecule has 1 aliphatic carbocycles. The predicted molar refractivity (Wildman–Crippen MR) is 74.6 cm³/mol. The van der Waals surface area contributed by atoms with Crippen molar-refractivity contribution in [3.05, 3.63) is 24.2 Å². The molecule has 0 amide bonds. The minimum atomic E-state index is 0.581. The largest absolute Gasteiger partial charge is 0.469 e. The van der Waals surface area contributed by atoms with E-state index in [0.29, 0.717) is 6.04 Å². The molecule has 1 N–H and O–H groups in total. The summed E-state index contributed by atoms with van der Waals surface area (Å²) in [6.07, 6.45) is 10.3. The van der Waals surface area contributed by atoms with Crippen LogP contribution in [0.25, 0.3) is 0 Å². The van der Waals surface area contributed by atoms with Crippen LogP contribution in [-0.2, 0) is 6.42 Å². The van der Waals surface area contributed by atoms with Crippen LogP contribution in [0.2, 0.25) is 0 Å². The third-order valence-electron chi connectivity index (χ3n) is 3.66. The van der Waals surface area contributed by atoms with Crippen molar-refractivity contribution >= 4 is 11.8 Å². The molecular weight excluding hydrogens is 230 g/mol. The smallest absolute Gasteiger partial charge is 0.103 e. The number of hydrogen-bond donors (Lipinski definition) is 1. The van der Waals surface area contributed by atoms with Crippen LogP contribution in [0, 0.1) is 0 Å².